The summed E-state index contributed by atoms with van der Waals surface area (Å²) in [5.41, 5.74) is -0.00771. The second-order valence-corrected chi connectivity index (χ2v) is 9.43. The summed E-state index contributed by atoms with van der Waals surface area (Å²) in [7, 11) is -2.24. The fourth-order valence-electron chi connectivity index (χ4n) is 2.32. The van der Waals surface area contributed by atoms with Crippen LogP contribution in [-0.4, -0.2) is 49.2 Å². The molecule has 0 unspecified atom stereocenters. The van der Waals surface area contributed by atoms with Gasteiger partial charge in [0, 0.05) is 24.7 Å². The van der Waals surface area contributed by atoms with Crippen molar-refractivity contribution in [3.05, 3.63) is 51.6 Å². The van der Waals surface area contributed by atoms with Crippen molar-refractivity contribution in [1.29, 1.82) is 0 Å². The second-order valence-electron chi connectivity index (χ2n) is 6.40. The average molecular weight is 456 g/mol. The zero-order valence-electron chi connectivity index (χ0n) is 16.7. The second kappa shape index (κ2) is 9.32. The SMILES string of the molecule is CCOC(=O)c1cc([N+](=O)[O-])sc1NC(=O)c1ccc(S(=O)(=O)N(C)C(C)C)cc1. The number of hydrogen-bond acceptors (Lipinski definition) is 8. The van der Waals surface area contributed by atoms with Gasteiger partial charge in [-0.3, -0.25) is 14.9 Å². The van der Waals surface area contributed by atoms with Crippen LogP contribution in [0.4, 0.5) is 10.0 Å². The molecular weight excluding hydrogens is 434 g/mol. The van der Waals surface area contributed by atoms with Gasteiger partial charge in [-0.1, -0.05) is 0 Å². The lowest BCUT2D eigenvalue weighted by Crippen LogP contribution is -2.33. The first-order chi connectivity index (χ1) is 14.0. The van der Waals surface area contributed by atoms with Crippen LogP contribution in [0.15, 0.2) is 35.2 Å². The molecule has 0 bridgehead atoms. The number of hydrogen-bond donors (Lipinski definition) is 1. The molecule has 1 heterocycles. The predicted octanol–water partition coefficient (Wildman–Crippen LogP) is 3.11. The van der Waals surface area contributed by atoms with Gasteiger partial charge in [0.05, 0.1) is 16.4 Å². The third-order valence-corrected chi connectivity index (χ3v) is 7.19. The lowest BCUT2D eigenvalue weighted by molar-refractivity contribution is -0.380. The minimum Gasteiger partial charge on any atom is -0.462 e. The Morgan fingerprint density at radius 1 is 1.27 bits per heavy atom. The molecule has 162 valence electrons. The van der Waals surface area contributed by atoms with Crippen molar-refractivity contribution in [1.82, 2.24) is 4.31 Å². The molecular formula is C18H21N3O7S2. The topological polar surface area (TPSA) is 136 Å². The van der Waals surface area contributed by atoms with Crippen molar-refractivity contribution < 1.29 is 27.7 Å². The van der Waals surface area contributed by atoms with E-state index in [1.54, 1.807) is 20.8 Å². The highest BCUT2D eigenvalue weighted by molar-refractivity contribution is 7.89. The predicted molar refractivity (Wildman–Crippen MR) is 111 cm³/mol. The molecule has 1 amide bonds. The summed E-state index contributed by atoms with van der Waals surface area (Å²) in [5.74, 6) is -1.45. The van der Waals surface area contributed by atoms with Gasteiger partial charge < -0.3 is 10.1 Å². The monoisotopic (exact) mass is 455 g/mol. The van der Waals surface area contributed by atoms with Crippen molar-refractivity contribution in [3.8, 4) is 0 Å². The van der Waals surface area contributed by atoms with E-state index in [1.807, 2.05) is 0 Å². The smallest absolute Gasteiger partial charge is 0.341 e. The summed E-state index contributed by atoms with van der Waals surface area (Å²) >= 11 is 0.625. The minimum atomic E-state index is -3.70. The minimum absolute atomic E-state index is 0.0224. The Hall–Kier alpha value is -2.83. The van der Waals surface area contributed by atoms with E-state index in [1.165, 1.54) is 35.6 Å². The number of carbonyl (C=O) groups excluding carboxylic acids is 2. The first-order valence-electron chi connectivity index (χ1n) is 8.83. The van der Waals surface area contributed by atoms with Crippen LogP contribution in [-0.2, 0) is 14.8 Å². The van der Waals surface area contributed by atoms with Gasteiger partial charge in [-0.15, -0.1) is 0 Å². The molecule has 2 aromatic rings. The summed E-state index contributed by atoms with van der Waals surface area (Å²) in [6.07, 6.45) is 0. The molecule has 2 rings (SSSR count). The Bertz CT molecular complexity index is 1060. The van der Waals surface area contributed by atoms with Crippen LogP contribution >= 0.6 is 11.3 Å². The number of rotatable bonds is 8. The lowest BCUT2D eigenvalue weighted by Gasteiger charge is -2.21. The van der Waals surface area contributed by atoms with E-state index in [9.17, 15) is 28.1 Å². The Balaban J connectivity index is 2.29. The molecule has 10 nitrogen and oxygen atoms in total. The maximum atomic E-state index is 12.5. The third-order valence-electron chi connectivity index (χ3n) is 4.14. The van der Waals surface area contributed by atoms with Gasteiger partial charge in [0.25, 0.3) is 5.91 Å². The molecule has 0 saturated heterocycles. The van der Waals surface area contributed by atoms with Crippen LogP contribution in [0.3, 0.4) is 0 Å². The Morgan fingerprint density at radius 3 is 2.37 bits per heavy atom. The van der Waals surface area contributed by atoms with Crippen molar-refractivity contribution in [2.75, 3.05) is 19.0 Å². The maximum absolute atomic E-state index is 12.5. The maximum Gasteiger partial charge on any atom is 0.341 e. The van der Waals surface area contributed by atoms with Gasteiger partial charge in [0.1, 0.15) is 10.6 Å². The summed E-state index contributed by atoms with van der Waals surface area (Å²) in [6.45, 7) is 5.13. The van der Waals surface area contributed by atoms with Crippen LogP contribution in [0.1, 0.15) is 41.5 Å². The number of nitro groups is 1. The fourth-order valence-corrected chi connectivity index (χ4v) is 4.54. The Morgan fingerprint density at radius 2 is 1.87 bits per heavy atom. The van der Waals surface area contributed by atoms with E-state index in [0.717, 1.165) is 6.07 Å². The number of benzene rings is 1. The Labute approximate surface area is 177 Å². The molecule has 30 heavy (non-hydrogen) atoms. The van der Waals surface area contributed by atoms with Gasteiger partial charge in [-0.25, -0.2) is 13.2 Å². The van der Waals surface area contributed by atoms with Crippen LogP contribution in [0.25, 0.3) is 0 Å². The summed E-state index contributed by atoms with van der Waals surface area (Å²) in [5, 5.41) is 13.1. The number of nitrogens with one attached hydrogen (secondary N) is 1. The van der Waals surface area contributed by atoms with E-state index in [4.69, 9.17) is 4.74 Å². The average Bonchev–Trinajstić information content (AvgIpc) is 3.11. The molecule has 0 fully saturated rings. The van der Waals surface area contributed by atoms with E-state index in [-0.39, 0.29) is 38.7 Å². The molecule has 0 aliphatic carbocycles. The molecule has 1 aromatic heterocycles. The molecule has 0 aliphatic rings. The van der Waals surface area contributed by atoms with E-state index < -0.39 is 26.8 Å². The number of sulfonamides is 1. The van der Waals surface area contributed by atoms with Gasteiger partial charge >= 0.3 is 11.0 Å². The zero-order valence-corrected chi connectivity index (χ0v) is 18.4. The third kappa shape index (κ3) is 5.01. The van der Waals surface area contributed by atoms with Crippen LogP contribution in [0.5, 0.6) is 0 Å². The molecule has 1 aromatic carbocycles. The van der Waals surface area contributed by atoms with Crippen LogP contribution < -0.4 is 5.32 Å². The number of esters is 1. The van der Waals surface area contributed by atoms with Gasteiger partial charge in [0.15, 0.2) is 0 Å². The highest BCUT2D eigenvalue weighted by Crippen LogP contribution is 2.34. The van der Waals surface area contributed by atoms with Gasteiger partial charge in [0.2, 0.25) is 10.0 Å². The number of ether oxygens (including phenoxy) is 1. The van der Waals surface area contributed by atoms with Gasteiger partial charge in [-0.2, -0.15) is 4.31 Å². The fraction of sp³-hybridized carbons (Fsp3) is 0.333. The molecule has 0 saturated carbocycles. The van der Waals surface area contributed by atoms with Crippen LogP contribution in [0.2, 0.25) is 0 Å². The molecule has 0 spiro atoms. The molecule has 0 atom stereocenters. The lowest BCUT2D eigenvalue weighted by atomic mass is 10.2. The first kappa shape index (κ1) is 23.4. The first-order valence-corrected chi connectivity index (χ1v) is 11.1. The summed E-state index contributed by atoms with van der Waals surface area (Å²) in [6, 6.07) is 6.04. The van der Waals surface area contributed by atoms with Gasteiger partial charge in [-0.05, 0) is 56.4 Å². The molecule has 0 aliphatic heterocycles. The van der Waals surface area contributed by atoms with Crippen molar-refractivity contribution >= 4 is 43.2 Å². The number of thiophene rings is 1. The molecule has 12 heteroatoms. The largest absolute Gasteiger partial charge is 0.462 e. The quantitative estimate of drug-likeness (QED) is 0.367. The van der Waals surface area contributed by atoms with Crippen molar-refractivity contribution in [3.63, 3.8) is 0 Å². The number of carbonyl (C=O) groups is 2. The number of amides is 1. The highest BCUT2D eigenvalue weighted by Gasteiger charge is 2.25. The Kier molecular flexibility index (Phi) is 7.29. The number of anilines is 1. The summed E-state index contributed by atoms with van der Waals surface area (Å²) < 4.78 is 31.1. The summed E-state index contributed by atoms with van der Waals surface area (Å²) in [4.78, 5) is 35.0. The molecule has 0 radical (unpaired) electrons. The van der Waals surface area contributed by atoms with E-state index >= 15 is 0 Å². The van der Waals surface area contributed by atoms with E-state index in [0.29, 0.717) is 11.3 Å². The normalized spacial score (nSPS) is 11.5. The number of nitrogens with zero attached hydrogens (tertiary/aromatic N) is 2. The standard InChI is InChI=1S/C18H21N3O7S2/c1-5-28-18(23)14-10-15(21(24)25)29-17(14)19-16(22)12-6-8-13(9-7-12)30(26,27)20(4)11(2)3/h6-11H,5H2,1-4H3,(H,19,22). The highest BCUT2D eigenvalue weighted by atomic mass is 32.2. The van der Waals surface area contributed by atoms with Crippen molar-refractivity contribution in [2.24, 2.45) is 0 Å². The molecule has 1 N–H and O–H groups in total. The zero-order chi connectivity index (χ0) is 22.6. The van der Waals surface area contributed by atoms with Crippen LogP contribution in [0, 0.1) is 10.1 Å². The van der Waals surface area contributed by atoms with Crippen molar-refractivity contribution in [2.45, 2.75) is 31.7 Å². The van der Waals surface area contributed by atoms with E-state index in [2.05, 4.69) is 5.32 Å².